The van der Waals surface area contributed by atoms with Gasteiger partial charge in [-0.05, 0) is 37.1 Å². The van der Waals surface area contributed by atoms with Crippen molar-refractivity contribution in [3.8, 4) is 0 Å². The predicted molar refractivity (Wildman–Crippen MR) is 77.7 cm³/mol. The molecule has 0 saturated carbocycles. The van der Waals surface area contributed by atoms with Crippen molar-refractivity contribution < 1.29 is 4.79 Å². The van der Waals surface area contributed by atoms with Crippen LogP contribution in [0, 0.1) is 13.8 Å². The van der Waals surface area contributed by atoms with E-state index in [1.54, 1.807) is 6.08 Å². The molecule has 2 aromatic rings. The number of amides is 1. The smallest absolute Gasteiger partial charge is 0.241 e. The molecule has 2 N–H and O–H groups in total. The molecule has 0 atom stereocenters. The van der Waals surface area contributed by atoms with E-state index >= 15 is 0 Å². The Balaban J connectivity index is 2.29. The average Bonchev–Trinajstić information content (AvgIpc) is 2.65. The van der Waals surface area contributed by atoms with Gasteiger partial charge in [-0.3, -0.25) is 4.79 Å². The maximum Gasteiger partial charge on any atom is 0.241 e. The Labute approximate surface area is 113 Å². The van der Waals surface area contributed by atoms with E-state index in [0.29, 0.717) is 0 Å². The van der Waals surface area contributed by atoms with Crippen molar-refractivity contribution in [3.05, 3.63) is 65.0 Å². The molecule has 1 heterocycles. The monoisotopic (exact) mass is 254 g/mol. The van der Waals surface area contributed by atoms with Gasteiger partial charge in [0.15, 0.2) is 0 Å². The zero-order chi connectivity index (χ0) is 13.8. The number of carbonyl (C=O) groups is 1. The quantitative estimate of drug-likeness (QED) is 0.838. The van der Waals surface area contributed by atoms with Crippen LogP contribution >= 0.6 is 0 Å². The van der Waals surface area contributed by atoms with Gasteiger partial charge in [0.05, 0.1) is 0 Å². The summed E-state index contributed by atoms with van der Waals surface area (Å²) in [5, 5.41) is 0. The third-order valence-electron chi connectivity index (χ3n) is 3.22. The van der Waals surface area contributed by atoms with Crippen molar-refractivity contribution in [2.24, 2.45) is 5.73 Å². The van der Waals surface area contributed by atoms with E-state index in [-0.39, 0.29) is 0 Å². The number of carbonyl (C=O) groups excluding carboxylic acids is 1. The van der Waals surface area contributed by atoms with Crippen molar-refractivity contribution in [1.82, 2.24) is 4.57 Å². The molecular weight excluding hydrogens is 236 g/mol. The molecule has 2 rings (SSSR count). The van der Waals surface area contributed by atoms with Gasteiger partial charge < -0.3 is 10.3 Å². The zero-order valence-electron chi connectivity index (χ0n) is 11.3. The van der Waals surface area contributed by atoms with Crippen LogP contribution in [0.3, 0.4) is 0 Å². The topological polar surface area (TPSA) is 48.0 Å². The summed E-state index contributed by atoms with van der Waals surface area (Å²) in [6.45, 7) is 4.96. The van der Waals surface area contributed by atoms with E-state index in [2.05, 4.69) is 36.6 Å². The number of aromatic nitrogens is 1. The number of rotatable bonds is 4. The highest BCUT2D eigenvalue weighted by atomic mass is 16.1. The van der Waals surface area contributed by atoms with Crippen molar-refractivity contribution >= 4 is 12.0 Å². The summed E-state index contributed by atoms with van der Waals surface area (Å²) in [6, 6.07) is 12.4. The Morgan fingerprint density at radius 1 is 1.26 bits per heavy atom. The van der Waals surface area contributed by atoms with Crippen molar-refractivity contribution in [2.45, 2.75) is 20.4 Å². The van der Waals surface area contributed by atoms with Gasteiger partial charge in [-0.25, -0.2) is 0 Å². The zero-order valence-corrected chi connectivity index (χ0v) is 11.3. The van der Waals surface area contributed by atoms with Crippen LogP contribution in [0.1, 0.15) is 22.5 Å². The number of primary amides is 1. The number of aryl methyl sites for hydroxylation is 1. The molecule has 3 nitrogen and oxygen atoms in total. The molecule has 0 bridgehead atoms. The molecule has 1 amide bonds. The fourth-order valence-corrected chi connectivity index (χ4v) is 2.18. The first-order valence-electron chi connectivity index (χ1n) is 6.26. The van der Waals surface area contributed by atoms with Crippen LogP contribution in [0.2, 0.25) is 0 Å². The first-order valence-corrected chi connectivity index (χ1v) is 6.26. The Kier molecular flexibility index (Phi) is 3.85. The number of nitrogens with zero attached hydrogens (tertiary/aromatic N) is 1. The second kappa shape index (κ2) is 5.57. The van der Waals surface area contributed by atoms with Gasteiger partial charge in [0, 0.05) is 24.0 Å². The molecule has 0 aliphatic rings. The first-order chi connectivity index (χ1) is 9.08. The second-order valence-corrected chi connectivity index (χ2v) is 4.63. The second-order valence-electron chi connectivity index (χ2n) is 4.63. The summed E-state index contributed by atoms with van der Waals surface area (Å²) in [5.74, 6) is -0.423. The molecule has 0 aliphatic carbocycles. The minimum atomic E-state index is -0.423. The maximum atomic E-state index is 10.8. The highest BCUT2D eigenvalue weighted by Gasteiger charge is 2.07. The fraction of sp³-hybridized carbons (Fsp3) is 0.188. The van der Waals surface area contributed by atoms with Crippen LogP contribution in [0.5, 0.6) is 0 Å². The Hall–Kier alpha value is -2.29. The summed E-state index contributed by atoms with van der Waals surface area (Å²) >= 11 is 0. The lowest BCUT2D eigenvalue weighted by Gasteiger charge is -2.09. The molecule has 19 heavy (non-hydrogen) atoms. The van der Waals surface area contributed by atoms with Gasteiger partial charge in [0.25, 0.3) is 0 Å². The summed E-state index contributed by atoms with van der Waals surface area (Å²) in [7, 11) is 0. The molecule has 1 aromatic heterocycles. The van der Waals surface area contributed by atoms with E-state index in [0.717, 1.165) is 17.8 Å². The van der Waals surface area contributed by atoms with Gasteiger partial charge in [-0.2, -0.15) is 0 Å². The normalized spacial score (nSPS) is 11.1. The fourth-order valence-electron chi connectivity index (χ4n) is 2.18. The highest BCUT2D eigenvalue weighted by molar-refractivity contribution is 5.90. The van der Waals surface area contributed by atoms with Gasteiger partial charge >= 0.3 is 0 Å². The van der Waals surface area contributed by atoms with Crippen LogP contribution in [-0.4, -0.2) is 10.5 Å². The molecule has 0 aliphatic heterocycles. The molecule has 0 saturated heterocycles. The lowest BCUT2D eigenvalue weighted by molar-refractivity contribution is -0.113. The molecule has 1 aromatic carbocycles. The lowest BCUT2D eigenvalue weighted by Crippen LogP contribution is -2.05. The van der Waals surface area contributed by atoms with Gasteiger partial charge in [0.1, 0.15) is 0 Å². The molecule has 3 heteroatoms. The van der Waals surface area contributed by atoms with Gasteiger partial charge in [0.2, 0.25) is 5.91 Å². The van der Waals surface area contributed by atoms with Gasteiger partial charge in [-0.1, -0.05) is 30.3 Å². The Morgan fingerprint density at radius 3 is 2.58 bits per heavy atom. The highest BCUT2D eigenvalue weighted by Crippen LogP contribution is 2.18. The SMILES string of the molecule is Cc1cc(/C=C\C(N)=O)c(C)n1Cc1ccccc1. The molecule has 0 unspecified atom stereocenters. The van der Waals surface area contributed by atoms with Crippen molar-refractivity contribution in [1.29, 1.82) is 0 Å². The summed E-state index contributed by atoms with van der Waals surface area (Å²) in [6.07, 6.45) is 3.17. The van der Waals surface area contributed by atoms with Crippen LogP contribution in [-0.2, 0) is 11.3 Å². The van der Waals surface area contributed by atoms with Gasteiger partial charge in [-0.15, -0.1) is 0 Å². The molecule has 0 spiro atoms. The number of benzene rings is 1. The molecule has 0 radical (unpaired) electrons. The lowest BCUT2D eigenvalue weighted by atomic mass is 10.2. The van der Waals surface area contributed by atoms with E-state index in [1.807, 2.05) is 18.2 Å². The average molecular weight is 254 g/mol. The van der Waals surface area contributed by atoms with E-state index in [4.69, 9.17) is 5.73 Å². The minimum Gasteiger partial charge on any atom is -0.366 e. The van der Waals surface area contributed by atoms with E-state index in [1.165, 1.54) is 17.3 Å². The van der Waals surface area contributed by atoms with E-state index in [9.17, 15) is 4.79 Å². The molecule has 0 fully saturated rings. The minimum absolute atomic E-state index is 0.423. The van der Waals surface area contributed by atoms with Crippen LogP contribution in [0.15, 0.2) is 42.5 Å². The number of hydrogen-bond donors (Lipinski definition) is 1. The Morgan fingerprint density at radius 2 is 1.95 bits per heavy atom. The number of hydrogen-bond acceptors (Lipinski definition) is 1. The summed E-state index contributed by atoms with van der Waals surface area (Å²) in [4.78, 5) is 10.8. The van der Waals surface area contributed by atoms with Crippen molar-refractivity contribution in [3.63, 3.8) is 0 Å². The third kappa shape index (κ3) is 3.13. The maximum absolute atomic E-state index is 10.8. The standard InChI is InChI=1S/C16H18N2O/c1-12-10-15(8-9-16(17)19)13(2)18(12)11-14-6-4-3-5-7-14/h3-10H,11H2,1-2H3,(H2,17,19)/b9-8-. The largest absolute Gasteiger partial charge is 0.366 e. The third-order valence-corrected chi connectivity index (χ3v) is 3.22. The van der Waals surface area contributed by atoms with Crippen LogP contribution in [0.25, 0.3) is 6.08 Å². The summed E-state index contributed by atoms with van der Waals surface area (Å²) < 4.78 is 2.23. The van der Waals surface area contributed by atoms with Crippen LogP contribution in [0.4, 0.5) is 0 Å². The van der Waals surface area contributed by atoms with E-state index < -0.39 is 5.91 Å². The molecule has 98 valence electrons. The van der Waals surface area contributed by atoms with Crippen molar-refractivity contribution in [2.75, 3.05) is 0 Å². The number of nitrogens with two attached hydrogens (primary N) is 1. The Bertz CT molecular complexity index is 609. The summed E-state index contributed by atoms with van der Waals surface area (Å²) in [5.41, 5.74) is 9.73. The first kappa shape index (κ1) is 13.1. The molecular formula is C16H18N2O. The van der Waals surface area contributed by atoms with Crippen LogP contribution < -0.4 is 5.73 Å². The predicted octanol–water partition coefficient (Wildman–Crippen LogP) is 2.65.